The van der Waals surface area contributed by atoms with Crippen molar-refractivity contribution in [1.82, 2.24) is 4.31 Å². The third-order valence-electron chi connectivity index (χ3n) is 4.87. The van der Waals surface area contributed by atoms with Gasteiger partial charge in [-0.2, -0.15) is 4.31 Å². The molecule has 0 aromatic carbocycles. The van der Waals surface area contributed by atoms with E-state index in [1.54, 1.807) is 10.4 Å². The summed E-state index contributed by atoms with van der Waals surface area (Å²) in [4.78, 5) is 0.965. The number of fused-ring (bicyclic) bond motifs is 1. The number of piperidine rings is 1. The molecule has 0 bridgehead atoms. The van der Waals surface area contributed by atoms with Gasteiger partial charge in [-0.15, -0.1) is 22.9 Å². The van der Waals surface area contributed by atoms with Crippen LogP contribution < -0.4 is 0 Å². The van der Waals surface area contributed by atoms with Crippen LogP contribution in [0.3, 0.4) is 0 Å². The van der Waals surface area contributed by atoms with E-state index in [0.717, 1.165) is 29.7 Å². The second kappa shape index (κ2) is 6.19. The van der Waals surface area contributed by atoms with E-state index in [-0.39, 0.29) is 6.04 Å². The van der Waals surface area contributed by atoms with E-state index >= 15 is 0 Å². The van der Waals surface area contributed by atoms with E-state index in [1.165, 1.54) is 30.6 Å². The summed E-state index contributed by atoms with van der Waals surface area (Å²) in [5.41, 5.74) is 0.991. The number of nitrogens with zero attached hydrogens (tertiary/aromatic N) is 1. The summed E-state index contributed by atoms with van der Waals surface area (Å²) in [6.45, 7) is 2.61. The van der Waals surface area contributed by atoms with Crippen LogP contribution in [0.5, 0.6) is 0 Å². The molecule has 2 aliphatic rings. The zero-order valence-corrected chi connectivity index (χ0v) is 14.7. The van der Waals surface area contributed by atoms with E-state index in [0.29, 0.717) is 22.6 Å². The Balaban J connectivity index is 1.92. The van der Waals surface area contributed by atoms with Gasteiger partial charge in [0.1, 0.15) is 4.21 Å². The topological polar surface area (TPSA) is 37.4 Å². The maximum atomic E-state index is 13.0. The van der Waals surface area contributed by atoms with Gasteiger partial charge in [0.2, 0.25) is 0 Å². The zero-order valence-electron chi connectivity index (χ0n) is 12.3. The Hall–Kier alpha value is -0.100. The van der Waals surface area contributed by atoms with Crippen molar-refractivity contribution >= 4 is 33.0 Å². The number of halogens is 1. The Labute approximate surface area is 136 Å². The second-order valence-corrected chi connectivity index (χ2v) is 9.70. The summed E-state index contributed by atoms with van der Waals surface area (Å²) < 4.78 is 28.3. The van der Waals surface area contributed by atoms with Gasteiger partial charge in [-0.25, -0.2) is 8.42 Å². The van der Waals surface area contributed by atoms with E-state index in [1.807, 2.05) is 6.92 Å². The number of sulfonamides is 1. The highest BCUT2D eigenvalue weighted by Gasteiger charge is 2.40. The van der Waals surface area contributed by atoms with Crippen LogP contribution in [0.1, 0.15) is 49.0 Å². The molecule has 118 valence electrons. The van der Waals surface area contributed by atoms with Crippen molar-refractivity contribution in [3.8, 4) is 0 Å². The van der Waals surface area contributed by atoms with Crippen molar-refractivity contribution in [2.24, 2.45) is 5.92 Å². The van der Waals surface area contributed by atoms with E-state index in [2.05, 4.69) is 0 Å². The normalized spacial score (nSPS) is 27.5. The highest BCUT2D eigenvalue weighted by atomic mass is 35.5. The van der Waals surface area contributed by atoms with Crippen molar-refractivity contribution in [1.29, 1.82) is 0 Å². The first-order valence-electron chi connectivity index (χ1n) is 7.71. The first-order chi connectivity index (χ1) is 10.0. The Morgan fingerprint density at radius 1 is 1.29 bits per heavy atom. The Morgan fingerprint density at radius 3 is 2.71 bits per heavy atom. The molecule has 2 heterocycles. The zero-order chi connectivity index (χ0) is 15.0. The molecule has 0 N–H and O–H groups in total. The van der Waals surface area contributed by atoms with Crippen LogP contribution in [-0.2, 0) is 15.9 Å². The molecule has 21 heavy (non-hydrogen) atoms. The van der Waals surface area contributed by atoms with Crippen LogP contribution in [0.15, 0.2) is 10.3 Å². The molecule has 2 atom stereocenters. The quantitative estimate of drug-likeness (QED) is 0.770. The van der Waals surface area contributed by atoms with Gasteiger partial charge in [0.25, 0.3) is 10.0 Å². The third kappa shape index (κ3) is 2.90. The molecule has 1 aromatic rings. The molecule has 3 nitrogen and oxygen atoms in total. The van der Waals surface area contributed by atoms with Crippen molar-refractivity contribution in [3.63, 3.8) is 0 Å². The second-order valence-electron chi connectivity index (χ2n) is 6.18. The molecular weight excluding hydrogens is 326 g/mol. The lowest BCUT2D eigenvalue weighted by Gasteiger charge is -2.42. The summed E-state index contributed by atoms with van der Waals surface area (Å²) in [5, 5.41) is 0. The molecule has 1 saturated carbocycles. The number of hydrogen-bond donors (Lipinski definition) is 0. The first kappa shape index (κ1) is 15.8. The molecule has 0 spiro atoms. The molecule has 1 aliphatic heterocycles. The largest absolute Gasteiger partial charge is 0.252 e. The van der Waals surface area contributed by atoms with Gasteiger partial charge in [-0.05, 0) is 50.2 Å². The maximum Gasteiger partial charge on any atom is 0.252 e. The molecule has 0 radical (unpaired) electrons. The summed E-state index contributed by atoms with van der Waals surface area (Å²) in [7, 11) is -3.35. The maximum absolute atomic E-state index is 13.0. The standard InChI is InChI=1S/C15H22ClNO2S2/c1-11-9-15(20-14(11)10-16)21(18,19)17-8-4-6-12-5-2-3-7-13(12)17/h9,12-13H,2-8,10H2,1H3. The highest BCUT2D eigenvalue weighted by molar-refractivity contribution is 7.91. The fraction of sp³-hybridized carbons (Fsp3) is 0.733. The average Bonchev–Trinajstić information content (AvgIpc) is 2.88. The van der Waals surface area contributed by atoms with Crippen molar-refractivity contribution in [3.05, 3.63) is 16.5 Å². The molecule has 1 aromatic heterocycles. The monoisotopic (exact) mass is 347 g/mol. The molecule has 0 amide bonds. The molecule has 1 saturated heterocycles. The van der Waals surface area contributed by atoms with Gasteiger partial charge < -0.3 is 0 Å². The van der Waals surface area contributed by atoms with E-state index in [9.17, 15) is 8.42 Å². The van der Waals surface area contributed by atoms with Crippen LogP contribution in [-0.4, -0.2) is 25.3 Å². The molecule has 2 fully saturated rings. The SMILES string of the molecule is Cc1cc(S(=O)(=O)N2CCCC3CCCCC32)sc1CCl. The van der Waals surface area contributed by atoms with Crippen molar-refractivity contribution < 1.29 is 8.42 Å². The third-order valence-corrected chi connectivity index (χ3v) is 8.91. The predicted octanol–water partition coefficient (Wildman–Crippen LogP) is 4.14. The van der Waals surface area contributed by atoms with Crippen LogP contribution in [0.2, 0.25) is 0 Å². The molecule has 2 unspecified atom stereocenters. The van der Waals surface area contributed by atoms with Gasteiger partial charge >= 0.3 is 0 Å². The number of hydrogen-bond acceptors (Lipinski definition) is 3. The lowest BCUT2D eigenvalue weighted by molar-refractivity contribution is 0.129. The minimum atomic E-state index is -3.35. The molecule has 3 rings (SSSR count). The van der Waals surface area contributed by atoms with Crippen LogP contribution in [0, 0.1) is 12.8 Å². The smallest absolute Gasteiger partial charge is 0.206 e. The van der Waals surface area contributed by atoms with Crippen LogP contribution in [0.4, 0.5) is 0 Å². The van der Waals surface area contributed by atoms with Crippen LogP contribution in [0.25, 0.3) is 0 Å². The van der Waals surface area contributed by atoms with Crippen LogP contribution >= 0.6 is 22.9 Å². The highest BCUT2D eigenvalue weighted by Crippen LogP contribution is 2.39. The number of aryl methyl sites for hydroxylation is 1. The first-order valence-corrected chi connectivity index (χ1v) is 10.5. The fourth-order valence-corrected chi connectivity index (χ4v) is 7.44. The average molecular weight is 348 g/mol. The van der Waals surface area contributed by atoms with Gasteiger partial charge in [0, 0.05) is 17.5 Å². The Bertz CT molecular complexity index is 609. The molecule has 6 heteroatoms. The van der Waals surface area contributed by atoms with Crippen molar-refractivity contribution in [2.75, 3.05) is 6.54 Å². The molecule has 1 aliphatic carbocycles. The predicted molar refractivity (Wildman–Crippen MR) is 87.5 cm³/mol. The Kier molecular flexibility index (Phi) is 4.65. The Morgan fingerprint density at radius 2 is 2.00 bits per heavy atom. The van der Waals surface area contributed by atoms with Crippen molar-refractivity contribution in [2.45, 2.75) is 61.6 Å². The van der Waals surface area contributed by atoms with Gasteiger partial charge in [0.15, 0.2) is 0 Å². The van der Waals surface area contributed by atoms with Gasteiger partial charge in [0.05, 0.1) is 5.88 Å². The minimum absolute atomic E-state index is 0.222. The summed E-state index contributed by atoms with van der Waals surface area (Å²) >= 11 is 7.23. The van der Waals surface area contributed by atoms with E-state index in [4.69, 9.17) is 11.6 Å². The van der Waals surface area contributed by atoms with E-state index < -0.39 is 10.0 Å². The summed E-state index contributed by atoms with van der Waals surface area (Å²) in [6, 6.07) is 2.02. The van der Waals surface area contributed by atoms with Gasteiger partial charge in [-0.3, -0.25) is 0 Å². The lowest BCUT2D eigenvalue weighted by atomic mass is 9.79. The summed E-state index contributed by atoms with van der Waals surface area (Å²) in [6.07, 6.45) is 6.80. The van der Waals surface area contributed by atoms with Gasteiger partial charge in [-0.1, -0.05) is 12.8 Å². The number of alkyl halides is 1. The number of rotatable bonds is 3. The lowest BCUT2D eigenvalue weighted by Crippen LogP contribution is -2.49. The fourth-order valence-electron chi connectivity index (χ4n) is 3.74. The molecular formula is C15H22ClNO2S2. The summed E-state index contributed by atoms with van der Waals surface area (Å²) in [5.74, 6) is 0.953. The minimum Gasteiger partial charge on any atom is -0.206 e. The number of thiophene rings is 1.